The van der Waals surface area contributed by atoms with Crippen LogP contribution in [0.25, 0.3) is 0 Å². The van der Waals surface area contributed by atoms with Crippen molar-refractivity contribution in [3.8, 4) is 0 Å². The Morgan fingerprint density at radius 1 is 1.12 bits per heavy atom. The molecule has 6 nitrogen and oxygen atoms in total. The van der Waals surface area contributed by atoms with Gasteiger partial charge in [-0.3, -0.25) is 4.79 Å². The number of hydrogen-bond acceptors (Lipinski definition) is 5. The van der Waals surface area contributed by atoms with Gasteiger partial charge >= 0.3 is 0 Å². The fraction of sp³-hybridized carbons (Fsp3) is 0.353. The third-order valence-electron chi connectivity index (χ3n) is 4.13. The Labute approximate surface area is 150 Å². The quantitative estimate of drug-likeness (QED) is 0.873. The largest absolute Gasteiger partial charge is 0.353 e. The molecule has 1 aromatic heterocycles. The van der Waals surface area contributed by atoms with E-state index in [0.717, 1.165) is 47.7 Å². The van der Waals surface area contributed by atoms with Crippen molar-refractivity contribution in [1.29, 1.82) is 0 Å². The topological polar surface area (TPSA) is 61.4 Å². The maximum Gasteiger partial charge on any atom is 0.276 e. The second-order valence-electron chi connectivity index (χ2n) is 5.99. The van der Waals surface area contributed by atoms with Gasteiger partial charge in [-0.05, 0) is 49.9 Å². The number of carbonyl (C=O) groups excluding carboxylic acids is 1. The number of aromatic nitrogens is 2. The third kappa shape index (κ3) is 3.91. The maximum absolute atomic E-state index is 12.3. The highest BCUT2D eigenvalue weighted by atomic mass is 79.9. The van der Waals surface area contributed by atoms with Gasteiger partial charge in [0, 0.05) is 36.3 Å². The predicted molar refractivity (Wildman–Crippen MR) is 98.6 cm³/mol. The van der Waals surface area contributed by atoms with Crippen LogP contribution >= 0.6 is 15.9 Å². The first-order valence-corrected chi connectivity index (χ1v) is 8.67. The monoisotopic (exact) mass is 389 g/mol. The third-order valence-corrected chi connectivity index (χ3v) is 5.02. The van der Waals surface area contributed by atoms with Crippen LogP contribution in [0, 0.1) is 6.92 Å². The maximum atomic E-state index is 12.3. The van der Waals surface area contributed by atoms with E-state index in [9.17, 15) is 4.79 Å². The summed E-state index contributed by atoms with van der Waals surface area (Å²) in [6.45, 7) is 5.84. The SMILES string of the molecule is Cc1cc(NC(=O)c2ccc(N3CCN(C)CC3)nn2)ccc1Br. The summed E-state index contributed by atoms with van der Waals surface area (Å²) in [7, 11) is 2.11. The Balaban J connectivity index is 1.66. The van der Waals surface area contributed by atoms with Crippen molar-refractivity contribution in [2.75, 3.05) is 43.4 Å². The van der Waals surface area contributed by atoms with Crippen molar-refractivity contribution in [2.45, 2.75) is 6.92 Å². The minimum atomic E-state index is -0.255. The molecule has 2 aromatic rings. The van der Waals surface area contributed by atoms with Crippen LogP contribution in [0.2, 0.25) is 0 Å². The number of anilines is 2. The Kier molecular flexibility index (Phi) is 5.11. The molecule has 0 spiro atoms. The number of piperazine rings is 1. The van der Waals surface area contributed by atoms with Gasteiger partial charge in [-0.25, -0.2) is 0 Å². The van der Waals surface area contributed by atoms with Crippen molar-refractivity contribution in [2.24, 2.45) is 0 Å². The lowest BCUT2D eigenvalue weighted by molar-refractivity contribution is 0.102. The van der Waals surface area contributed by atoms with Crippen LogP contribution in [0.5, 0.6) is 0 Å². The summed E-state index contributed by atoms with van der Waals surface area (Å²) in [5.41, 5.74) is 2.11. The summed E-state index contributed by atoms with van der Waals surface area (Å²) in [6.07, 6.45) is 0. The first-order chi connectivity index (χ1) is 11.5. The second-order valence-corrected chi connectivity index (χ2v) is 6.84. The fourth-order valence-electron chi connectivity index (χ4n) is 2.57. The number of amides is 1. The van der Waals surface area contributed by atoms with Gasteiger partial charge in [-0.2, -0.15) is 0 Å². The lowest BCUT2D eigenvalue weighted by atomic mass is 10.2. The van der Waals surface area contributed by atoms with Crippen molar-refractivity contribution >= 4 is 33.3 Å². The van der Waals surface area contributed by atoms with Crippen LogP contribution in [-0.2, 0) is 0 Å². The van der Waals surface area contributed by atoms with Crippen LogP contribution in [0.3, 0.4) is 0 Å². The number of halogens is 1. The molecule has 3 rings (SSSR count). The summed E-state index contributed by atoms with van der Waals surface area (Å²) in [4.78, 5) is 16.8. The fourth-order valence-corrected chi connectivity index (χ4v) is 2.81. The van der Waals surface area contributed by atoms with E-state index in [1.54, 1.807) is 6.07 Å². The molecular weight excluding hydrogens is 370 g/mol. The van der Waals surface area contributed by atoms with Crippen molar-refractivity contribution in [1.82, 2.24) is 15.1 Å². The summed E-state index contributed by atoms with van der Waals surface area (Å²) in [5, 5.41) is 11.1. The van der Waals surface area contributed by atoms with Gasteiger partial charge in [0.1, 0.15) is 0 Å². The molecular formula is C17H20BrN5O. The number of rotatable bonds is 3. The van der Waals surface area contributed by atoms with Gasteiger partial charge in [-0.15, -0.1) is 10.2 Å². The molecule has 1 amide bonds. The Morgan fingerprint density at radius 2 is 1.88 bits per heavy atom. The molecule has 0 bridgehead atoms. The Bertz CT molecular complexity index is 726. The average Bonchev–Trinajstić information content (AvgIpc) is 2.59. The number of aryl methyl sites for hydroxylation is 1. The highest BCUT2D eigenvalue weighted by Crippen LogP contribution is 2.20. The summed E-state index contributed by atoms with van der Waals surface area (Å²) >= 11 is 3.45. The lowest BCUT2D eigenvalue weighted by Crippen LogP contribution is -2.44. The molecule has 0 radical (unpaired) electrons. The van der Waals surface area contributed by atoms with Crippen LogP contribution < -0.4 is 10.2 Å². The highest BCUT2D eigenvalue weighted by molar-refractivity contribution is 9.10. The molecule has 1 aromatic carbocycles. The molecule has 1 aliphatic heterocycles. The second kappa shape index (κ2) is 7.27. The van der Waals surface area contributed by atoms with Gasteiger partial charge in [0.05, 0.1) is 0 Å². The van der Waals surface area contributed by atoms with Crippen molar-refractivity contribution in [3.05, 3.63) is 46.1 Å². The first-order valence-electron chi connectivity index (χ1n) is 7.87. The molecule has 1 fully saturated rings. The molecule has 0 atom stereocenters. The van der Waals surface area contributed by atoms with Gasteiger partial charge < -0.3 is 15.1 Å². The van der Waals surface area contributed by atoms with E-state index in [2.05, 4.69) is 48.3 Å². The van der Waals surface area contributed by atoms with Crippen molar-refractivity contribution < 1.29 is 4.79 Å². The van der Waals surface area contributed by atoms with Crippen LogP contribution in [0.4, 0.5) is 11.5 Å². The first kappa shape index (κ1) is 16.9. The van der Waals surface area contributed by atoms with E-state index >= 15 is 0 Å². The van der Waals surface area contributed by atoms with E-state index < -0.39 is 0 Å². The minimum Gasteiger partial charge on any atom is -0.353 e. The van der Waals surface area contributed by atoms with Crippen LogP contribution in [0.1, 0.15) is 16.1 Å². The zero-order chi connectivity index (χ0) is 17.1. The number of likely N-dealkylation sites (N-methyl/N-ethyl adjacent to an activating group) is 1. The van der Waals surface area contributed by atoms with Crippen molar-refractivity contribution in [3.63, 3.8) is 0 Å². The minimum absolute atomic E-state index is 0.255. The summed E-state index contributed by atoms with van der Waals surface area (Å²) in [6, 6.07) is 9.25. The zero-order valence-corrected chi connectivity index (χ0v) is 15.4. The smallest absolute Gasteiger partial charge is 0.276 e. The molecule has 1 aliphatic rings. The molecule has 0 aliphatic carbocycles. The molecule has 2 heterocycles. The number of nitrogens with zero attached hydrogens (tertiary/aromatic N) is 4. The molecule has 1 N–H and O–H groups in total. The molecule has 7 heteroatoms. The molecule has 126 valence electrons. The normalized spacial score (nSPS) is 15.4. The van der Waals surface area contributed by atoms with E-state index in [1.165, 1.54) is 0 Å². The standard InChI is InChI=1S/C17H20BrN5O/c1-12-11-13(3-4-14(12)18)19-17(24)15-5-6-16(21-20-15)23-9-7-22(2)8-10-23/h3-6,11H,7-10H2,1-2H3,(H,19,24). The average molecular weight is 390 g/mol. The number of carbonyl (C=O) groups is 1. The van der Waals surface area contributed by atoms with Crippen LogP contribution in [0.15, 0.2) is 34.8 Å². The summed E-state index contributed by atoms with van der Waals surface area (Å²) < 4.78 is 1.01. The van der Waals surface area contributed by atoms with Gasteiger partial charge in [0.15, 0.2) is 11.5 Å². The van der Waals surface area contributed by atoms with E-state index in [1.807, 2.05) is 31.2 Å². The van der Waals surface area contributed by atoms with Gasteiger partial charge in [-0.1, -0.05) is 15.9 Å². The highest BCUT2D eigenvalue weighted by Gasteiger charge is 2.16. The summed E-state index contributed by atoms with van der Waals surface area (Å²) in [5.74, 6) is 0.563. The Hall–Kier alpha value is -1.99. The van der Waals surface area contributed by atoms with Crippen LogP contribution in [-0.4, -0.2) is 54.2 Å². The van der Waals surface area contributed by atoms with E-state index in [-0.39, 0.29) is 5.91 Å². The number of hydrogen-bond donors (Lipinski definition) is 1. The predicted octanol–water partition coefficient (Wildman–Crippen LogP) is 2.55. The van der Waals surface area contributed by atoms with Gasteiger partial charge in [0.2, 0.25) is 0 Å². The van der Waals surface area contributed by atoms with Gasteiger partial charge in [0.25, 0.3) is 5.91 Å². The number of benzene rings is 1. The van der Waals surface area contributed by atoms with E-state index in [0.29, 0.717) is 5.69 Å². The zero-order valence-electron chi connectivity index (χ0n) is 13.8. The van der Waals surface area contributed by atoms with E-state index in [4.69, 9.17) is 0 Å². The molecule has 24 heavy (non-hydrogen) atoms. The molecule has 0 unspecified atom stereocenters. The molecule has 1 saturated heterocycles. The molecule has 0 saturated carbocycles. The Morgan fingerprint density at radius 3 is 2.50 bits per heavy atom. The number of nitrogens with one attached hydrogen (secondary N) is 1. The lowest BCUT2D eigenvalue weighted by Gasteiger charge is -2.32.